The molecule has 0 bridgehead atoms. The molecular weight excluding hydrogens is 1090 g/mol. The number of esters is 2. The lowest BCUT2D eigenvalue weighted by Crippen LogP contribution is -2.35. The highest BCUT2D eigenvalue weighted by atomic mass is 32.2. The quantitative estimate of drug-likeness (QED) is 0.0806. The number of methoxy groups -OCH3 is 2. The Bertz CT molecular complexity index is 3570. The fraction of sp³-hybridized carbons (Fsp3) is 0.492. The van der Waals surface area contributed by atoms with Crippen LogP contribution < -0.4 is 22.2 Å². The highest BCUT2D eigenvalue weighted by Crippen LogP contribution is 2.35. The second-order valence-electron chi connectivity index (χ2n) is 21.4. The van der Waals surface area contributed by atoms with Gasteiger partial charge < -0.3 is 25.6 Å². The van der Waals surface area contributed by atoms with Crippen LogP contribution >= 0.6 is 0 Å². The smallest absolute Gasteiger partial charge is 0.339 e. The normalized spacial score (nSPS) is 17.0. The molecule has 1 amide bonds. The lowest BCUT2D eigenvalue weighted by atomic mass is 9.84. The van der Waals surface area contributed by atoms with Crippen molar-refractivity contribution in [1.29, 1.82) is 0 Å². The van der Waals surface area contributed by atoms with E-state index in [4.69, 9.17) is 10.5 Å². The summed E-state index contributed by atoms with van der Waals surface area (Å²) in [7, 11) is -4.35. The molecule has 0 aliphatic heterocycles. The second kappa shape index (κ2) is 28.1. The number of aromatic nitrogens is 6. The number of nitrogens with two attached hydrogens (primary N) is 1. The maximum atomic E-state index is 13.7. The van der Waals surface area contributed by atoms with Gasteiger partial charge in [-0.3, -0.25) is 23.5 Å². The van der Waals surface area contributed by atoms with Crippen LogP contribution in [0.5, 0.6) is 0 Å². The Balaban J connectivity index is 0.000000202. The molecule has 6 aromatic rings. The summed E-state index contributed by atoms with van der Waals surface area (Å²) in [5.74, 6) is -1.18. The Kier molecular flexibility index (Phi) is 21.3. The van der Waals surface area contributed by atoms with Crippen molar-refractivity contribution in [1.82, 2.24) is 29.1 Å². The number of aliphatic carboxylic acids is 1. The van der Waals surface area contributed by atoms with E-state index in [0.717, 1.165) is 83.5 Å². The van der Waals surface area contributed by atoms with Crippen molar-refractivity contribution >= 4 is 76.9 Å². The van der Waals surface area contributed by atoms with E-state index >= 15 is 0 Å². The number of pyridine rings is 2. The molecular formula is C59H74N8O13S2. The van der Waals surface area contributed by atoms with Crippen molar-refractivity contribution in [3.8, 4) is 0 Å². The molecule has 21 nitrogen and oxygen atoms in total. The van der Waals surface area contributed by atoms with Gasteiger partial charge in [-0.25, -0.2) is 51.2 Å². The fourth-order valence-electron chi connectivity index (χ4n) is 11.5. The Labute approximate surface area is 477 Å². The number of nitrogens with one attached hydrogen (secondary N) is 1. The number of nitrogen functional groups attached to an aromatic ring is 1. The van der Waals surface area contributed by atoms with Crippen LogP contribution in [0, 0.1) is 11.8 Å². The third-order valence-corrected chi connectivity index (χ3v) is 20.6. The van der Waals surface area contributed by atoms with Crippen LogP contribution in [0.1, 0.15) is 169 Å². The van der Waals surface area contributed by atoms with Crippen molar-refractivity contribution in [3.63, 3.8) is 0 Å². The van der Waals surface area contributed by atoms with Gasteiger partial charge in [0.2, 0.25) is 5.91 Å². The third-order valence-electron chi connectivity index (χ3n) is 16.1. The third kappa shape index (κ3) is 14.8. The predicted octanol–water partition coefficient (Wildman–Crippen LogP) is 9.24. The molecule has 4 aromatic heterocycles. The fourth-order valence-corrected chi connectivity index (χ4v) is 15.3. The number of amides is 1. The number of nitrogens with zero attached hydrogens (tertiary/aromatic N) is 6. The van der Waals surface area contributed by atoms with Crippen LogP contribution in [0.3, 0.4) is 0 Å². The highest BCUT2D eigenvalue weighted by molar-refractivity contribution is 7.92. The van der Waals surface area contributed by atoms with Crippen LogP contribution in [0.25, 0.3) is 21.8 Å². The molecule has 2 unspecified atom stereocenters. The van der Waals surface area contributed by atoms with E-state index in [-0.39, 0.29) is 61.6 Å². The van der Waals surface area contributed by atoms with Crippen molar-refractivity contribution in [2.45, 2.75) is 168 Å². The first-order valence-corrected chi connectivity index (χ1v) is 30.9. The highest BCUT2D eigenvalue weighted by Gasteiger charge is 2.34. The van der Waals surface area contributed by atoms with Crippen molar-refractivity contribution < 1.29 is 50.6 Å². The Hall–Kier alpha value is -7.40. The average molecular weight is 1170 g/mol. The van der Waals surface area contributed by atoms with Gasteiger partial charge in [0.25, 0.3) is 11.1 Å². The van der Waals surface area contributed by atoms with E-state index in [1.165, 1.54) is 103 Å². The summed E-state index contributed by atoms with van der Waals surface area (Å²) in [5.41, 5.74) is 5.70. The van der Waals surface area contributed by atoms with E-state index < -0.39 is 71.9 Å². The molecule has 4 aliphatic carbocycles. The predicted molar refractivity (Wildman–Crippen MR) is 310 cm³/mol. The topological polar surface area (TPSA) is 309 Å². The zero-order chi connectivity index (χ0) is 57.8. The molecule has 440 valence electrons. The number of fused-ring (bicyclic) bond motifs is 2. The molecule has 0 saturated heterocycles. The first-order chi connectivity index (χ1) is 38.9. The summed E-state index contributed by atoms with van der Waals surface area (Å²) in [5, 5.41) is 12.3. The van der Waals surface area contributed by atoms with Gasteiger partial charge in [-0.1, -0.05) is 97.3 Å². The number of carbonyl (C=O) groups is 4. The maximum absolute atomic E-state index is 13.7. The summed E-state index contributed by atoms with van der Waals surface area (Å²) in [4.78, 5) is 91.7. The van der Waals surface area contributed by atoms with Crippen LogP contribution in [-0.2, 0) is 38.7 Å². The lowest BCUT2D eigenvalue weighted by Gasteiger charge is -2.27. The van der Waals surface area contributed by atoms with E-state index in [1.54, 1.807) is 12.1 Å². The Morgan fingerprint density at radius 1 is 0.585 bits per heavy atom. The summed E-state index contributed by atoms with van der Waals surface area (Å²) in [6, 6.07) is 13.2. The Morgan fingerprint density at radius 3 is 1.40 bits per heavy atom. The number of hydrogen-bond donors (Lipinski definition) is 3. The minimum absolute atomic E-state index is 0. The van der Waals surface area contributed by atoms with Crippen LogP contribution in [0.2, 0.25) is 0 Å². The lowest BCUT2D eigenvalue weighted by molar-refractivity contribution is -0.141. The maximum Gasteiger partial charge on any atom is 0.339 e. The number of sulfone groups is 2. The number of carboxylic acids is 1. The van der Waals surface area contributed by atoms with Gasteiger partial charge >= 0.3 is 17.9 Å². The van der Waals surface area contributed by atoms with Crippen molar-refractivity contribution in [3.05, 3.63) is 118 Å². The van der Waals surface area contributed by atoms with E-state index in [0.29, 0.717) is 55.8 Å². The summed E-state index contributed by atoms with van der Waals surface area (Å²) in [6.07, 6.45) is 23.1. The molecule has 4 saturated carbocycles. The van der Waals surface area contributed by atoms with E-state index in [9.17, 15) is 50.7 Å². The number of benzene rings is 2. The molecule has 82 heavy (non-hydrogen) atoms. The summed E-state index contributed by atoms with van der Waals surface area (Å²) < 4.78 is 63.6. The van der Waals surface area contributed by atoms with Gasteiger partial charge in [0.15, 0.2) is 19.7 Å². The number of ether oxygens (including phenoxy) is 2. The van der Waals surface area contributed by atoms with E-state index in [1.807, 2.05) is 0 Å². The minimum atomic E-state index is -3.50. The molecule has 2 aromatic carbocycles. The van der Waals surface area contributed by atoms with Crippen LogP contribution in [0.4, 0.5) is 11.6 Å². The number of carboxylic acid groups (broad SMARTS) is 1. The first kappa shape index (κ1) is 62.2. The molecule has 23 heteroatoms. The number of hydrogen-bond acceptors (Lipinski definition) is 17. The molecule has 0 radical (unpaired) electrons. The summed E-state index contributed by atoms with van der Waals surface area (Å²) >= 11 is 0. The number of carbonyl (C=O) groups excluding carboxylic acids is 3. The second-order valence-corrected chi connectivity index (χ2v) is 25.9. The van der Waals surface area contributed by atoms with Gasteiger partial charge in [0.1, 0.15) is 23.7 Å². The molecule has 2 atom stereocenters. The molecule has 4 fully saturated rings. The molecule has 0 spiro atoms. The molecule has 4 heterocycles. The first-order valence-electron chi connectivity index (χ1n) is 27.8. The van der Waals surface area contributed by atoms with Crippen LogP contribution in [-0.4, -0.2) is 99.5 Å². The van der Waals surface area contributed by atoms with Gasteiger partial charge in [-0.05, 0) is 111 Å². The largest absolute Gasteiger partial charge is 0.480 e. The van der Waals surface area contributed by atoms with Crippen molar-refractivity contribution in [2.75, 3.05) is 25.3 Å². The van der Waals surface area contributed by atoms with Crippen molar-refractivity contribution in [2.24, 2.45) is 11.8 Å². The molecule has 10 rings (SSSR count). The Morgan fingerprint density at radius 2 is 1.00 bits per heavy atom. The zero-order valence-electron chi connectivity index (χ0n) is 45.6. The van der Waals surface area contributed by atoms with Gasteiger partial charge in [0.05, 0.1) is 80.1 Å². The summed E-state index contributed by atoms with van der Waals surface area (Å²) in [6.45, 7) is 0. The zero-order valence-corrected chi connectivity index (χ0v) is 47.2. The molecule has 4 aliphatic rings. The van der Waals surface area contributed by atoms with E-state index in [2.05, 4.69) is 30.0 Å². The number of anilines is 2. The SMILES string of the molecule is C.COC(=O)c1ccc(N)nc1.COC(=O)c1ccc(NC(=O)C(CC2CCCCC2)n2cnc3cc(S(=O)(=O)C4CCCC4)ccc3c2=O)nc1.O=C(O)C(CC1CCCCC1)n1cnc2cc(S(=O)(=O)C3CCCC3)ccc2c1=O. The van der Waals surface area contributed by atoms with Gasteiger partial charge in [-0.2, -0.15) is 0 Å². The monoisotopic (exact) mass is 1170 g/mol. The van der Waals surface area contributed by atoms with Gasteiger partial charge in [0, 0.05) is 12.4 Å². The minimum Gasteiger partial charge on any atom is -0.480 e. The van der Waals surface area contributed by atoms with Crippen LogP contribution in [0.15, 0.2) is 105 Å². The number of rotatable bonds is 15. The van der Waals surface area contributed by atoms with Gasteiger partial charge in [-0.15, -0.1) is 0 Å². The molecule has 4 N–H and O–H groups in total. The standard InChI is InChI=1S/C29H34N4O6S.C22H28N2O5S.C7H8N2O2.CH4/c1-39-29(36)20-11-14-26(30-17-20)32-27(34)25(15-19-7-3-2-4-8-19)33-18-31-24-16-22(12-13-23(24)28(33)35)40(37,38)21-9-5-6-10-21;25-21-18-11-10-17(30(28,29)16-8-4-5-9-16)13-19(18)23-14-24(21)20(22(26)27)12-15-6-2-1-3-7-15;1-11-7(10)5-2-3-6(8)9-4-5;/h11-14,16-19,21,25H,2-10,15H2,1H3,(H,30,32,34);10-11,13-16,20H,1-9,12H2,(H,26,27);2-4H,1H3,(H2,8,9);1H4. The average Bonchev–Trinajstić information content (AvgIpc) is 4.39.